The molecule has 1 atom stereocenters. The number of hydrogen-bond donors (Lipinski definition) is 2. The van der Waals surface area contributed by atoms with Crippen LogP contribution in [0.15, 0.2) is 40.9 Å². The van der Waals surface area contributed by atoms with Crippen molar-refractivity contribution >= 4 is 33.2 Å². The van der Waals surface area contributed by atoms with Crippen LogP contribution in [-0.2, 0) is 0 Å². The minimum Gasteiger partial charge on any atom is -0.377 e. The summed E-state index contributed by atoms with van der Waals surface area (Å²) in [5, 5.41) is 3.95. The predicted molar refractivity (Wildman–Crippen MR) is 85.7 cm³/mol. The molecule has 5 heteroatoms. The summed E-state index contributed by atoms with van der Waals surface area (Å²) in [6.45, 7) is 2.28. The monoisotopic (exact) mass is 356 g/mol. The van der Waals surface area contributed by atoms with Crippen molar-refractivity contribution in [3.63, 3.8) is 0 Å². The first kappa shape index (κ1) is 15.3. The highest BCUT2D eigenvalue weighted by molar-refractivity contribution is 9.10. The normalized spacial score (nSPS) is 12.2. The van der Waals surface area contributed by atoms with Crippen molar-refractivity contribution in [1.82, 2.24) is 0 Å². The first-order chi connectivity index (χ1) is 9.51. The largest absolute Gasteiger partial charge is 0.377 e. The fourth-order valence-electron chi connectivity index (χ4n) is 2.08. The zero-order valence-corrected chi connectivity index (χ0v) is 13.3. The highest BCUT2D eigenvalue weighted by Crippen LogP contribution is 2.28. The van der Waals surface area contributed by atoms with Gasteiger partial charge in [-0.25, -0.2) is 4.39 Å². The summed E-state index contributed by atoms with van der Waals surface area (Å²) in [4.78, 5) is 0. The average Bonchev–Trinajstić information content (AvgIpc) is 2.41. The molecule has 2 aromatic carbocycles. The molecule has 0 radical (unpaired) electrons. The van der Waals surface area contributed by atoms with E-state index in [9.17, 15) is 4.39 Å². The Morgan fingerprint density at radius 3 is 2.65 bits per heavy atom. The third-order valence-electron chi connectivity index (χ3n) is 3.10. The summed E-state index contributed by atoms with van der Waals surface area (Å²) in [7, 11) is 0. The molecule has 0 saturated carbocycles. The minimum absolute atomic E-state index is 0.0900. The molecule has 0 bridgehead atoms. The lowest BCUT2D eigenvalue weighted by Gasteiger charge is -2.21. The van der Waals surface area contributed by atoms with Gasteiger partial charge in [-0.05, 0) is 64.3 Å². The van der Waals surface area contributed by atoms with Crippen molar-refractivity contribution in [2.75, 3.05) is 11.9 Å². The number of hydrogen-bond acceptors (Lipinski definition) is 2. The van der Waals surface area contributed by atoms with E-state index in [4.69, 9.17) is 17.3 Å². The molecule has 2 aromatic rings. The van der Waals surface area contributed by atoms with Crippen LogP contribution in [0.4, 0.5) is 10.1 Å². The van der Waals surface area contributed by atoms with Crippen LogP contribution in [-0.4, -0.2) is 6.54 Å². The maximum absolute atomic E-state index is 13.2. The molecule has 2 nitrogen and oxygen atoms in total. The lowest BCUT2D eigenvalue weighted by atomic mass is 10.0. The van der Waals surface area contributed by atoms with E-state index in [0.29, 0.717) is 11.6 Å². The molecular formula is C15H15BrClFN2. The van der Waals surface area contributed by atoms with Gasteiger partial charge in [-0.15, -0.1) is 0 Å². The molecule has 0 fully saturated rings. The zero-order valence-electron chi connectivity index (χ0n) is 11.0. The number of anilines is 1. The molecule has 0 amide bonds. The van der Waals surface area contributed by atoms with Crippen molar-refractivity contribution < 1.29 is 4.39 Å². The Kier molecular flexibility index (Phi) is 5.02. The quantitative estimate of drug-likeness (QED) is 0.835. The Morgan fingerprint density at radius 1 is 1.30 bits per heavy atom. The Balaban J connectivity index is 2.26. The first-order valence-corrected chi connectivity index (χ1v) is 7.36. The van der Waals surface area contributed by atoms with Crippen LogP contribution >= 0.6 is 27.5 Å². The molecule has 0 heterocycles. The van der Waals surface area contributed by atoms with E-state index in [1.807, 2.05) is 25.1 Å². The Hall–Kier alpha value is -1.10. The Bertz CT molecular complexity index is 619. The van der Waals surface area contributed by atoms with Crippen molar-refractivity contribution in [3.8, 4) is 0 Å². The van der Waals surface area contributed by atoms with Crippen molar-refractivity contribution in [1.29, 1.82) is 0 Å². The molecule has 0 aliphatic rings. The Morgan fingerprint density at radius 2 is 2.05 bits per heavy atom. The van der Waals surface area contributed by atoms with Gasteiger partial charge >= 0.3 is 0 Å². The lowest BCUT2D eigenvalue weighted by molar-refractivity contribution is 0.624. The number of aryl methyl sites for hydroxylation is 1. The van der Waals surface area contributed by atoms with Gasteiger partial charge in [0.1, 0.15) is 5.82 Å². The average molecular weight is 358 g/mol. The SMILES string of the molecule is Cc1cc(F)ccc1C(CN)Nc1ccc(Br)c(Cl)c1. The summed E-state index contributed by atoms with van der Waals surface area (Å²) < 4.78 is 14.0. The maximum atomic E-state index is 13.2. The number of nitrogens with one attached hydrogen (secondary N) is 1. The molecular weight excluding hydrogens is 343 g/mol. The smallest absolute Gasteiger partial charge is 0.123 e. The molecule has 1 unspecified atom stereocenters. The highest BCUT2D eigenvalue weighted by atomic mass is 79.9. The number of nitrogens with two attached hydrogens (primary N) is 1. The second-order valence-corrected chi connectivity index (χ2v) is 5.82. The lowest BCUT2D eigenvalue weighted by Crippen LogP contribution is -2.21. The number of halogens is 3. The van der Waals surface area contributed by atoms with Gasteiger partial charge in [0.05, 0.1) is 11.1 Å². The third kappa shape index (κ3) is 3.51. The molecule has 0 spiro atoms. The van der Waals surface area contributed by atoms with Gasteiger partial charge < -0.3 is 11.1 Å². The molecule has 0 saturated heterocycles. The molecule has 2 rings (SSSR count). The molecule has 0 aliphatic heterocycles. The topological polar surface area (TPSA) is 38.0 Å². The fourth-order valence-corrected chi connectivity index (χ4v) is 2.51. The van der Waals surface area contributed by atoms with Crippen LogP contribution in [0.5, 0.6) is 0 Å². The summed E-state index contributed by atoms with van der Waals surface area (Å²) in [5.74, 6) is -0.242. The summed E-state index contributed by atoms with van der Waals surface area (Å²) in [5.41, 5.74) is 8.55. The first-order valence-electron chi connectivity index (χ1n) is 6.19. The fraction of sp³-hybridized carbons (Fsp3) is 0.200. The third-order valence-corrected chi connectivity index (χ3v) is 4.34. The van der Waals surface area contributed by atoms with Gasteiger partial charge in [0.15, 0.2) is 0 Å². The molecule has 3 N–H and O–H groups in total. The van der Waals surface area contributed by atoms with E-state index in [-0.39, 0.29) is 11.9 Å². The van der Waals surface area contributed by atoms with Gasteiger partial charge in [0, 0.05) is 16.7 Å². The van der Waals surface area contributed by atoms with E-state index >= 15 is 0 Å². The van der Waals surface area contributed by atoms with Gasteiger partial charge in [0.25, 0.3) is 0 Å². The molecule has 106 valence electrons. The Labute approximate surface area is 131 Å². The van der Waals surface area contributed by atoms with Gasteiger partial charge in [-0.3, -0.25) is 0 Å². The summed E-state index contributed by atoms with van der Waals surface area (Å²) in [6.07, 6.45) is 0. The highest BCUT2D eigenvalue weighted by Gasteiger charge is 2.13. The molecule has 0 aromatic heterocycles. The van der Waals surface area contributed by atoms with Crippen molar-refractivity contribution in [2.24, 2.45) is 5.73 Å². The van der Waals surface area contributed by atoms with Gasteiger partial charge in [-0.1, -0.05) is 17.7 Å². The van der Waals surface area contributed by atoms with Crippen LogP contribution in [0.2, 0.25) is 5.02 Å². The maximum Gasteiger partial charge on any atom is 0.123 e. The van der Waals surface area contributed by atoms with E-state index in [1.54, 1.807) is 6.07 Å². The summed E-state index contributed by atoms with van der Waals surface area (Å²) >= 11 is 9.42. The number of benzene rings is 2. The predicted octanol–water partition coefficient (Wildman–Crippen LogP) is 4.66. The van der Waals surface area contributed by atoms with E-state index in [2.05, 4.69) is 21.2 Å². The number of rotatable bonds is 4. The second-order valence-electron chi connectivity index (χ2n) is 4.56. The second kappa shape index (κ2) is 6.57. The van der Waals surface area contributed by atoms with Crippen LogP contribution in [0.25, 0.3) is 0 Å². The van der Waals surface area contributed by atoms with Crippen molar-refractivity contribution in [2.45, 2.75) is 13.0 Å². The van der Waals surface area contributed by atoms with E-state index in [0.717, 1.165) is 21.3 Å². The van der Waals surface area contributed by atoms with Crippen molar-refractivity contribution in [3.05, 3.63) is 62.8 Å². The van der Waals surface area contributed by atoms with E-state index < -0.39 is 0 Å². The van der Waals surface area contributed by atoms with Crippen LogP contribution in [0, 0.1) is 12.7 Å². The van der Waals surface area contributed by atoms with Crippen LogP contribution < -0.4 is 11.1 Å². The molecule has 20 heavy (non-hydrogen) atoms. The molecule has 0 aliphatic carbocycles. The van der Waals surface area contributed by atoms with Gasteiger partial charge in [-0.2, -0.15) is 0 Å². The summed E-state index contributed by atoms with van der Waals surface area (Å²) in [6, 6.07) is 10.2. The van der Waals surface area contributed by atoms with Crippen LogP contribution in [0.1, 0.15) is 17.2 Å². The van der Waals surface area contributed by atoms with Gasteiger partial charge in [0.2, 0.25) is 0 Å². The van der Waals surface area contributed by atoms with Crippen LogP contribution in [0.3, 0.4) is 0 Å². The van der Waals surface area contributed by atoms with E-state index in [1.165, 1.54) is 12.1 Å². The minimum atomic E-state index is -0.242. The standard InChI is InChI=1S/C15H15BrClFN2/c1-9-6-10(18)2-4-12(9)15(8-19)20-11-3-5-13(16)14(17)7-11/h2-7,15,20H,8,19H2,1H3. The zero-order chi connectivity index (χ0) is 14.7.